The number of morpholine rings is 1. The number of thiophene rings is 1. The molecular weight excluding hydrogens is 336 g/mol. The Hall–Kier alpha value is -0.960. The van der Waals surface area contributed by atoms with E-state index in [1.165, 1.54) is 15.6 Å². The molecule has 1 atom stereocenters. The summed E-state index contributed by atoms with van der Waals surface area (Å²) in [7, 11) is -3.38. The molecule has 1 aromatic rings. The normalized spacial score (nSPS) is 23.3. The van der Waals surface area contributed by atoms with E-state index in [9.17, 15) is 13.2 Å². The summed E-state index contributed by atoms with van der Waals surface area (Å²) in [5.41, 5.74) is 0. The molecule has 0 radical (unpaired) electrons. The first-order chi connectivity index (χ1) is 11.0. The van der Waals surface area contributed by atoms with Gasteiger partial charge in [-0.05, 0) is 31.9 Å². The first-order valence-electron chi connectivity index (χ1n) is 7.94. The van der Waals surface area contributed by atoms with Crippen molar-refractivity contribution >= 4 is 27.3 Å². The number of sulfonamides is 1. The Morgan fingerprint density at radius 2 is 2.04 bits per heavy atom. The SMILES string of the molecule is CC1COCCN1C(=O)Cc1ccc(S(=O)(=O)N2CCCC2)s1. The van der Waals surface area contributed by atoms with Gasteiger partial charge in [-0.3, -0.25) is 4.79 Å². The quantitative estimate of drug-likeness (QED) is 0.814. The zero-order valence-corrected chi connectivity index (χ0v) is 14.9. The summed E-state index contributed by atoms with van der Waals surface area (Å²) in [6, 6.07) is 3.46. The van der Waals surface area contributed by atoms with Gasteiger partial charge in [-0.25, -0.2) is 8.42 Å². The molecule has 2 aliphatic heterocycles. The second-order valence-corrected chi connectivity index (χ2v) is 9.35. The van der Waals surface area contributed by atoms with Crippen LogP contribution in [0.4, 0.5) is 0 Å². The van der Waals surface area contributed by atoms with Crippen LogP contribution in [-0.2, 0) is 26.0 Å². The van der Waals surface area contributed by atoms with Crippen molar-refractivity contribution in [2.24, 2.45) is 0 Å². The van der Waals surface area contributed by atoms with Crippen molar-refractivity contribution in [1.82, 2.24) is 9.21 Å². The van der Waals surface area contributed by atoms with E-state index in [0.29, 0.717) is 37.1 Å². The van der Waals surface area contributed by atoms with E-state index >= 15 is 0 Å². The lowest BCUT2D eigenvalue weighted by atomic mass is 10.2. The Balaban J connectivity index is 1.68. The summed E-state index contributed by atoms with van der Waals surface area (Å²) in [6.07, 6.45) is 2.10. The number of hydrogen-bond acceptors (Lipinski definition) is 5. The highest BCUT2D eigenvalue weighted by molar-refractivity contribution is 7.91. The van der Waals surface area contributed by atoms with Gasteiger partial charge in [0.25, 0.3) is 10.0 Å². The van der Waals surface area contributed by atoms with Crippen LogP contribution in [0.15, 0.2) is 16.3 Å². The molecule has 23 heavy (non-hydrogen) atoms. The van der Waals surface area contributed by atoms with Crippen molar-refractivity contribution in [3.8, 4) is 0 Å². The highest BCUT2D eigenvalue weighted by Gasteiger charge is 2.29. The van der Waals surface area contributed by atoms with Crippen LogP contribution in [0.5, 0.6) is 0 Å². The first kappa shape index (κ1) is 16.9. The molecule has 2 aliphatic rings. The summed E-state index contributed by atoms with van der Waals surface area (Å²) >= 11 is 1.21. The molecule has 1 amide bonds. The fraction of sp³-hybridized carbons (Fsp3) is 0.667. The van der Waals surface area contributed by atoms with E-state index in [1.807, 2.05) is 11.8 Å². The van der Waals surface area contributed by atoms with Crippen molar-refractivity contribution < 1.29 is 17.9 Å². The summed E-state index contributed by atoms with van der Waals surface area (Å²) in [5.74, 6) is 0.0350. The number of nitrogens with zero attached hydrogens (tertiary/aromatic N) is 2. The van der Waals surface area contributed by atoms with Gasteiger partial charge in [0.1, 0.15) is 4.21 Å². The Labute approximate surface area is 141 Å². The molecule has 2 saturated heterocycles. The lowest BCUT2D eigenvalue weighted by Crippen LogP contribution is -2.47. The highest BCUT2D eigenvalue weighted by Crippen LogP contribution is 2.28. The topological polar surface area (TPSA) is 66.9 Å². The summed E-state index contributed by atoms with van der Waals surface area (Å²) < 4.78 is 32.2. The predicted molar refractivity (Wildman–Crippen MR) is 88.0 cm³/mol. The van der Waals surface area contributed by atoms with E-state index in [-0.39, 0.29) is 18.4 Å². The van der Waals surface area contributed by atoms with Crippen LogP contribution in [0, 0.1) is 0 Å². The lowest BCUT2D eigenvalue weighted by Gasteiger charge is -2.33. The molecule has 1 aromatic heterocycles. The first-order valence-corrected chi connectivity index (χ1v) is 10.2. The fourth-order valence-electron chi connectivity index (χ4n) is 3.00. The van der Waals surface area contributed by atoms with Crippen LogP contribution in [0.1, 0.15) is 24.6 Å². The third-order valence-corrected chi connectivity index (χ3v) is 7.76. The second-order valence-electron chi connectivity index (χ2n) is 6.02. The number of carbonyl (C=O) groups excluding carboxylic acids is 1. The minimum absolute atomic E-state index is 0.0350. The zero-order chi connectivity index (χ0) is 16.4. The largest absolute Gasteiger partial charge is 0.377 e. The second kappa shape index (κ2) is 6.88. The average molecular weight is 358 g/mol. The lowest BCUT2D eigenvalue weighted by molar-refractivity contribution is -0.138. The maximum Gasteiger partial charge on any atom is 0.252 e. The smallest absolute Gasteiger partial charge is 0.252 e. The van der Waals surface area contributed by atoms with Gasteiger partial charge in [0.05, 0.1) is 25.7 Å². The predicted octanol–water partition coefficient (Wildman–Crippen LogP) is 1.32. The molecule has 2 fully saturated rings. The van der Waals surface area contributed by atoms with Crippen LogP contribution in [-0.4, -0.2) is 62.4 Å². The highest BCUT2D eigenvalue weighted by atomic mass is 32.2. The zero-order valence-electron chi connectivity index (χ0n) is 13.2. The van der Waals surface area contributed by atoms with Crippen LogP contribution < -0.4 is 0 Å². The van der Waals surface area contributed by atoms with E-state index in [0.717, 1.165) is 17.7 Å². The van der Waals surface area contributed by atoms with Gasteiger partial charge in [-0.2, -0.15) is 4.31 Å². The molecule has 0 aliphatic carbocycles. The van der Waals surface area contributed by atoms with Crippen LogP contribution in [0.2, 0.25) is 0 Å². The van der Waals surface area contributed by atoms with Crippen molar-refractivity contribution in [2.75, 3.05) is 32.8 Å². The van der Waals surface area contributed by atoms with E-state index < -0.39 is 10.0 Å². The molecule has 128 valence electrons. The van der Waals surface area contributed by atoms with Gasteiger partial charge in [0, 0.05) is 24.5 Å². The summed E-state index contributed by atoms with van der Waals surface area (Å²) in [4.78, 5) is 15.0. The molecule has 3 rings (SSSR count). The summed E-state index contributed by atoms with van der Waals surface area (Å²) in [5, 5.41) is 0. The van der Waals surface area contributed by atoms with Crippen molar-refractivity contribution in [1.29, 1.82) is 0 Å². The van der Waals surface area contributed by atoms with Gasteiger partial charge in [0.15, 0.2) is 0 Å². The number of amides is 1. The molecule has 0 aromatic carbocycles. The Morgan fingerprint density at radius 3 is 2.74 bits per heavy atom. The minimum atomic E-state index is -3.38. The number of carbonyl (C=O) groups is 1. The summed E-state index contributed by atoms with van der Waals surface area (Å²) in [6.45, 7) is 4.89. The monoisotopic (exact) mass is 358 g/mol. The molecule has 3 heterocycles. The van der Waals surface area contributed by atoms with Crippen LogP contribution in [0.3, 0.4) is 0 Å². The third kappa shape index (κ3) is 3.60. The van der Waals surface area contributed by atoms with Gasteiger partial charge in [-0.1, -0.05) is 0 Å². The molecule has 6 nitrogen and oxygen atoms in total. The molecule has 1 unspecified atom stereocenters. The number of rotatable bonds is 4. The van der Waals surface area contributed by atoms with Gasteiger partial charge >= 0.3 is 0 Å². The molecule has 0 saturated carbocycles. The Bertz CT molecular complexity index is 665. The van der Waals surface area contributed by atoms with Crippen molar-refractivity contribution in [3.05, 3.63) is 17.0 Å². The third-order valence-electron chi connectivity index (χ3n) is 4.31. The minimum Gasteiger partial charge on any atom is -0.377 e. The van der Waals surface area contributed by atoms with Crippen LogP contribution in [0.25, 0.3) is 0 Å². The Kier molecular flexibility index (Phi) is 5.05. The fourth-order valence-corrected chi connectivity index (χ4v) is 6.01. The van der Waals surface area contributed by atoms with Crippen LogP contribution >= 0.6 is 11.3 Å². The van der Waals surface area contributed by atoms with Gasteiger partial charge < -0.3 is 9.64 Å². The molecular formula is C15H22N2O4S2. The van der Waals surface area contributed by atoms with Gasteiger partial charge in [0.2, 0.25) is 5.91 Å². The van der Waals surface area contributed by atoms with E-state index in [2.05, 4.69) is 0 Å². The molecule has 8 heteroatoms. The average Bonchev–Trinajstić information content (AvgIpc) is 3.19. The van der Waals surface area contributed by atoms with Crippen molar-refractivity contribution in [2.45, 2.75) is 36.4 Å². The number of hydrogen-bond donors (Lipinski definition) is 0. The molecule has 0 N–H and O–H groups in total. The van der Waals surface area contributed by atoms with Crippen molar-refractivity contribution in [3.63, 3.8) is 0 Å². The maximum absolute atomic E-state index is 12.5. The van der Waals surface area contributed by atoms with E-state index in [4.69, 9.17) is 4.74 Å². The molecule has 0 spiro atoms. The standard InChI is InChI=1S/C15H22N2O4S2/c1-12-11-21-9-8-17(12)14(18)10-13-4-5-15(22-13)23(19,20)16-6-2-3-7-16/h4-5,12H,2-3,6-11H2,1H3. The Morgan fingerprint density at radius 1 is 1.30 bits per heavy atom. The van der Waals surface area contributed by atoms with Gasteiger partial charge in [-0.15, -0.1) is 11.3 Å². The van der Waals surface area contributed by atoms with E-state index in [1.54, 1.807) is 12.1 Å². The maximum atomic E-state index is 12.5. The number of ether oxygens (including phenoxy) is 1. The molecule has 0 bridgehead atoms.